The Balaban J connectivity index is 1.53. The number of aliphatic carboxylic acids is 2. The van der Waals surface area contributed by atoms with Crippen molar-refractivity contribution in [2.24, 2.45) is 0 Å². The molecule has 0 spiro atoms. The summed E-state index contributed by atoms with van der Waals surface area (Å²) in [5.74, 6) is -0.482. The number of hydrogen-bond donors (Lipinski definition) is 2. The van der Waals surface area contributed by atoms with Crippen LogP contribution in [0.5, 0.6) is 11.5 Å². The van der Waals surface area contributed by atoms with Crippen molar-refractivity contribution in [1.29, 1.82) is 0 Å². The largest absolute Gasteiger partial charge is 0.494 e. The van der Waals surface area contributed by atoms with Gasteiger partial charge in [-0.15, -0.1) is 0 Å². The molecule has 0 radical (unpaired) electrons. The van der Waals surface area contributed by atoms with Crippen LogP contribution in [0.4, 0.5) is 0 Å². The minimum atomic E-state index is -3.38. The zero-order chi connectivity index (χ0) is 30.4. The zero-order valence-corrected chi connectivity index (χ0v) is 25.7. The van der Waals surface area contributed by atoms with Crippen molar-refractivity contribution in [3.05, 3.63) is 64.4 Å². The van der Waals surface area contributed by atoms with Gasteiger partial charge in [-0.3, -0.25) is 9.59 Å². The summed E-state index contributed by atoms with van der Waals surface area (Å²) in [6.45, 7) is 2.59. The van der Waals surface area contributed by atoms with E-state index in [1.807, 2.05) is 48.0 Å². The Morgan fingerprint density at radius 3 is 2.31 bits per heavy atom. The molecule has 2 N–H and O–H groups in total. The van der Waals surface area contributed by atoms with E-state index in [0.717, 1.165) is 54.4 Å². The van der Waals surface area contributed by atoms with Crippen LogP contribution in [0, 0.1) is 0 Å². The van der Waals surface area contributed by atoms with Crippen LogP contribution in [0.25, 0.3) is 11.1 Å². The van der Waals surface area contributed by atoms with Crippen LogP contribution in [-0.4, -0.2) is 49.5 Å². The average Bonchev–Trinajstić information content (AvgIpc) is 3.49. The Hall–Kier alpha value is -3.37. The van der Waals surface area contributed by atoms with Crippen LogP contribution in [-0.2, 0) is 32.3 Å². The number of carboxylic acids is 2. The van der Waals surface area contributed by atoms with Crippen LogP contribution in [0.2, 0.25) is 0 Å². The van der Waals surface area contributed by atoms with E-state index in [2.05, 4.69) is 0 Å². The Morgan fingerprint density at radius 2 is 1.60 bits per heavy atom. The summed E-state index contributed by atoms with van der Waals surface area (Å²) < 4.78 is 37.4. The molecule has 0 amide bonds. The number of rotatable bonds is 20. The Morgan fingerprint density at radius 1 is 0.833 bits per heavy atom. The summed E-state index contributed by atoms with van der Waals surface area (Å²) in [7, 11) is -3.38. The van der Waals surface area contributed by atoms with E-state index < -0.39 is 21.8 Å². The van der Waals surface area contributed by atoms with Crippen molar-refractivity contribution >= 4 is 33.1 Å². The molecule has 1 heterocycles. The van der Waals surface area contributed by atoms with Gasteiger partial charge in [-0.2, -0.15) is 11.3 Å². The van der Waals surface area contributed by atoms with Crippen molar-refractivity contribution in [2.75, 3.05) is 19.0 Å². The van der Waals surface area contributed by atoms with E-state index in [1.54, 1.807) is 23.5 Å². The lowest BCUT2D eigenvalue weighted by atomic mass is 9.97. The van der Waals surface area contributed by atoms with Crippen molar-refractivity contribution in [2.45, 2.75) is 76.0 Å². The minimum absolute atomic E-state index is 0.00505. The molecular formula is C32H40O8S2. The first-order valence-corrected chi connectivity index (χ1v) is 17.0. The summed E-state index contributed by atoms with van der Waals surface area (Å²) in [6, 6.07) is 12.9. The van der Waals surface area contributed by atoms with Gasteiger partial charge in [0.25, 0.3) is 0 Å². The number of thiophene rings is 1. The van der Waals surface area contributed by atoms with E-state index in [1.165, 1.54) is 0 Å². The van der Waals surface area contributed by atoms with E-state index in [9.17, 15) is 23.1 Å². The molecule has 0 atom stereocenters. The number of benzene rings is 2. The van der Waals surface area contributed by atoms with Gasteiger partial charge in [0.15, 0.2) is 9.84 Å². The maximum atomic E-state index is 12.8. The lowest BCUT2D eigenvalue weighted by Crippen LogP contribution is -2.07. The third-order valence-corrected chi connectivity index (χ3v) is 9.37. The van der Waals surface area contributed by atoms with Crippen LogP contribution in [0.1, 0.15) is 69.4 Å². The molecule has 42 heavy (non-hydrogen) atoms. The lowest BCUT2D eigenvalue weighted by Gasteiger charge is -2.15. The zero-order valence-electron chi connectivity index (χ0n) is 24.0. The molecule has 1 aromatic heterocycles. The number of carboxylic acid groups (broad SMARTS) is 2. The molecular weight excluding hydrogens is 576 g/mol. The molecule has 3 rings (SSSR count). The summed E-state index contributed by atoms with van der Waals surface area (Å²) in [5, 5.41) is 22.0. The summed E-state index contributed by atoms with van der Waals surface area (Å²) >= 11 is 1.56. The molecule has 0 saturated carbocycles. The second-order valence-corrected chi connectivity index (χ2v) is 13.1. The molecule has 0 bridgehead atoms. The topological polar surface area (TPSA) is 127 Å². The highest BCUT2D eigenvalue weighted by Crippen LogP contribution is 2.31. The van der Waals surface area contributed by atoms with Crippen molar-refractivity contribution < 1.29 is 37.7 Å². The van der Waals surface area contributed by atoms with Gasteiger partial charge in [0.1, 0.15) is 11.5 Å². The first-order chi connectivity index (χ1) is 20.2. The predicted molar refractivity (Wildman–Crippen MR) is 165 cm³/mol. The number of sulfone groups is 1. The van der Waals surface area contributed by atoms with Crippen molar-refractivity contribution in [3.8, 4) is 22.6 Å². The maximum absolute atomic E-state index is 12.8. The fourth-order valence-corrected chi connectivity index (χ4v) is 6.72. The highest BCUT2D eigenvalue weighted by Gasteiger charge is 2.17. The number of unbranched alkanes of at least 4 members (excludes halogenated alkanes) is 3. The molecule has 0 aliphatic rings. The smallest absolute Gasteiger partial charge is 0.303 e. The first-order valence-electron chi connectivity index (χ1n) is 14.4. The van der Waals surface area contributed by atoms with Gasteiger partial charge in [0.2, 0.25) is 0 Å². The second kappa shape index (κ2) is 16.9. The molecule has 228 valence electrons. The Labute approximate surface area is 252 Å². The highest BCUT2D eigenvalue weighted by molar-refractivity contribution is 7.91. The number of carbonyl (C=O) groups is 2. The second-order valence-electron chi connectivity index (χ2n) is 10.2. The number of aryl methyl sites for hydroxylation is 1. The standard InChI is InChI=1S/C32H40O8S2/c1-2-19-42(37,38)28-21-26(25-15-18-41-23-25)20-27(22-28)39-16-6-4-3-5-9-24-10-7-11-30(29(24)13-14-32(35)36)40-17-8-12-31(33)34/h7,10-11,15,18,20-23H,2-6,8-9,12-14,16-17,19H2,1H3,(H,33,34)(H,35,36). The maximum Gasteiger partial charge on any atom is 0.303 e. The minimum Gasteiger partial charge on any atom is -0.494 e. The summed E-state index contributed by atoms with van der Waals surface area (Å²) in [6.07, 6.45) is 5.70. The Kier molecular flexibility index (Phi) is 13.3. The van der Waals surface area contributed by atoms with Crippen LogP contribution in [0.3, 0.4) is 0 Å². The van der Waals surface area contributed by atoms with Gasteiger partial charge in [-0.05, 0) is 102 Å². The summed E-state index contributed by atoms with van der Waals surface area (Å²) in [5.41, 5.74) is 3.72. The number of ether oxygens (including phenoxy) is 2. The molecule has 0 unspecified atom stereocenters. The number of hydrogen-bond acceptors (Lipinski definition) is 7. The lowest BCUT2D eigenvalue weighted by molar-refractivity contribution is -0.138. The van der Waals surface area contributed by atoms with Gasteiger partial charge in [-0.25, -0.2) is 8.42 Å². The van der Waals surface area contributed by atoms with Gasteiger partial charge in [-0.1, -0.05) is 31.9 Å². The van der Waals surface area contributed by atoms with Crippen LogP contribution < -0.4 is 9.47 Å². The van der Waals surface area contributed by atoms with E-state index in [-0.39, 0.29) is 30.1 Å². The molecule has 0 aliphatic carbocycles. The van der Waals surface area contributed by atoms with Gasteiger partial charge in [0, 0.05) is 12.8 Å². The highest BCUT2D eigenvalue weighted by atomic mass is 32.2. The van der Waals surface area contributed by atoms with Crippen LogP contribution >= 0.6 is 11.3 Å². The predicted octanol–water partition coefficient (Wildman–Crippen LogP) is 7.04. The van der Waals surface area contributed by atoms with E-state index >= 15 is 0 Å². The van der Waals surface area contributed by atoms with Crippen LogP contribution in [0.15, 0.2) is 58.1 Å². The van der Waals surface area contributed by atoms with Crippen molar-refractivity contribution in [1.82, 2.24) is 0 Å². The van der Waals surface area contributed by atoms with Crippen molar-refractivity contribution in [3.63, 3.8) is 0 Å². The fourth-order valence-electron chi connectivity index (χ4n) is 4.68. The quantitative estimate of drug-likeness (QED) is 0.129. The monoisotopic (exact) mass is 616 g/mol. The SMILES string of the molecule is CCCS(=O)(=O)c1cc(OCCCCCCc2cccc(OCCCC(=O)O)c2CCC(=O)O)cc(-c2ccsc2)c1. The van der Waals surface area contributed by atoms with E-state index in [4.69, 9.17) is 14.6 Å². The fraction of sp³-hybridized carbons (Fsp3) is 0.438. The molecule has 3 aromatic rings. The molecule has 0 saturated heterocycles. The average molecular weight is 617 g/mol. The third kappa shape index (κ3) is 10.8. The molecule has 0 aliphatic heterocycles. The van der Waals surface area contributed by atoms with Gasteiger partial charge in [0.05, 0.1) is 23.9 Å². The molecule has 0 fully saturated rings. The van der Waals surface area contributed by atoms with Gasteiger partial charge < -0.3 is 19.7 Å². The molecule has 8 nitrogen and oxygen atoms in total. The Bertz CT molecular complexity index is 1400. The normalized spacial score (nSPS) is 11.4. The third-order valence-electron chi connectivity index (χ3n) is 6.79. The van der Waals surface area contributed by atoms with E-state index in [0.29, 0.717) is 37.4 Å². The first kappa shape index (κ1) is 33.1. The summed E-state index contributed by atoms with van der Waals surface area (Å²) in [4.78, 5) is 22.3. The molecule has 2 aromatic carbocycles. The van der Waals surface area contributed by atoms with Gasteiger partial charge >= 0.3 is 11.9 Å². The molecule has 10 heteroatoms.